The van der Waals surface area contributed by atoms with Crippen LogP contribution in [0.2, 0.25) is 0 Å². The van der Waals surface area contributed by atoms with Crippen molar-refractivity contribution in [1.82, 2.24) is 15.3 Å². The number of benzene rings is 1. The van der Waals surface area contributed by atoms with Crippen LogP contribution >= 0.6 is 0 Å². The van der Waals surface area contributed by atoms with Crippen molar-refractivity contribution in [3.63, 3.8) is 0 Å². The van der Waals surface area contributed by atoms with Gasteiger partial charge in [-0.2, -0.15) is 0 Å². The average molecular weight is 467 g/mol. The number of carbonyl (C=O) groups excluding carboxylic acids is 1. The molecule has 1 aromatic carbocycles. The highest BCUT2D eigenvalue weighted by Gasteiger charge is 2.48. The molecule has 0 saturated carbocycles. The first kappa shape index (κ1) is 22.0. The Morgan fingerprint density at radius 3 is 2.47 bits per heavy atom. The minimum Gasteiger partial charge on any atom is -0.497 e. The van der Waals surface area contributed by atoms with Crippen LogP contribution in [-0.2, 0) is 9.47 Å². The van der Waals surface area contributed by atoms with Gasteiger partial charge >= 0.3 is 6.03 Å². The molecule has 0 aliphatic carbocycles. The van der Waals surface area contributed by atoms with E-state index in [1.165, 1.54) is 0 Å². The highest BCUT2D eigenvalue weighted by molar-refractivity contribution is 5.90. The van der Waals surface area contributed by atoms with Crippen molar-refractivity contribution in [2.45, 2.75) is 24.3 Å². The van der Waals surface area contributed by atoms with Crippen LogP contribution < -0.4 is 25.4 Å². The van der Waals surface area contributed by atoms with Crippen LogP contribution in [0.5, 0.6) is 11.5 Å². The van der Waals surface area contributed by atoms with Crippen molar-refractivity contribution >= 4 is 17.7 Å². The van der Waals surface area contributed by atoms with Crippen molar-refractivity contribution in [1.29, 1.82) is 0 Å². The van der Waals surface area contributed by atoms with E-state index in [1.807, 2.05) is 6.07 Å². The summed E-state index contributed by atoms with van der Waals surface area (Å²) in [5.74, 6) is 2.26. The Kier molecular flexibility index (Phi) is 6.19. The third-order valence-corrected chi connectivity index (χ3v) is 5.72. The highest BCUT2D eigenvalue weighted by atomic mass is 16.6. The molecule has 2 aromatic heterocycles. The number of fused-ring (bicyclic) bond motifs is 1. The summed E-state index contributed by atoms with van der Waals surface area (Å²) in [7, 11) is 3.10. The molecule has 2 aliphatic heterocycles. The molecule has 0 spiro atoms. The van der Waals surface area contributed by atoms with Gasteiger partial charge in [0, 0.05) is 30.1 Å². The number of methoxy groups -OCH3 is 2. The molecule has 4 heterocycles. The third kappa shape index (κ3) is 4.61. The van der Waals surface area contributed by atoms with Gasteiger partial charge in [0.1, 0.15) is 29.4 Å². The lowest BCUT2D eigenvalue weighted by Crippen LogP contribution is -2.46. The topological polar surface area (TPSA) is 129 Å². The van der Waals surface area contributed by atoms with Crippen molar-refractivity contribution in [2.75, 3.05) is 38.1 Å². The molecule has 11 nitrogen and oxygen atoms in total. The SMILES string of the molecule is COc1cc(NC(=O)N[C@H]2CO[C@H]3[C@@H]2OC[C@@H]3Nc2nccc(-c3ccco3)n2)cc(OC)c1. The summed E-state index contributed by atoms with van der Waals surface area (Å²) in [6, 6.07) is 9.72. The molecular formula is C23H25N5O6. The van der Waals surface area contributed by atoms with Gasteiger partial charge in [0.05, 0.1) is 45.8 Å². The van der Waals surface area contributed by atoms with Crippen molar-refractivity contribution in [3.8, 4) is 23.0 Å². The number of aromatic nitrogens is 2. The van der Waals surface area contributed by atoms with E-state index >= 15 is 0 Å². The molecule has 34 heavy (non-hydrogen) atoms. The lowest BCUT2D eigenvalue weighted by molar-refractivity contribution is 0.0683. The number of furan rings is 1. The number of hydrogen-bond acceptors (Lipinski definition) is 9. The first-order valence-corrected chi connectivity index (χ1v) is 10.8. The van der Waals surface area contributed by atoms with Gasteiger partial charge in [-0.25, -0.2) is 14.8 Å². The molecule has 0 radical (unpaired) electrons. The predicted octanol–water partition coefficient (Wildman–Crippen LogP) is 2.52. The van der Waals surface area contributed by atoms with Crippen LogP contribution in [0, 0.1) is 0 Å². The number of nitrogens with one attached hydrogen (secondary N) is 3. The number of hydrogen-bond donors (Lipinski definition) is 3. The third-order valence-electron chi connectivity index (χ3n) is 5.72. The average Bonchev–Trinajstić information content (AvgIpc) is 3.60. The van der Waals surface area contributed by atoms with E-state index in [9.17, 15) is 4.79 Å². The molecule has 0 unspecified atom stereocenters. The Bertz CT molecular complexity index is 1120. The lowest BCUT2D eigenvalue weighted by atomic mass is 10.1. The molecule has 2 amide bonds. The van der Waals surface area contributed by atoms with Crippen LogP contribution in [0.1, 0.15) is 0 Å². The first-order valence-electron chi connectivity index (χ1n) is 10.8. The second-order valence-corrected chi connectivity index (χ2v) is 7.90. The number of amides is 2. The number of nitrogens with zero attached hydrogens (tertiary/aromatic N) is 2. The standard InChI is InChI=1S/C23H25N5O6/c1-30-14-8-13(9-15(10-14)31-2)25-23(29)28-18-12-34-20-17(11-33-21(18)20)27-22-24-6-5-16(26-22)19-4-3-7-32-19/h3-10,17-18,20-21H,11-12H2,1-2H3,(H,24,26,27)(H2,25,28,29)/t17-,18-,20+,21+/m0/s1. The van der Waals surface area contributed by atoms with Gasteiger partial charge in [-0.3, -0.25) is 0 Å². The molecule has 2 fully saturated rings. The molecular weight excluding hydrogens is 442 g/mol. The van der Waals surface area contributed by atoms with Gasteiger partial charge in [-0.05, 0) is 18.2 Å². The Hall–Kier alpha value is -3.83. The summed E-state index contributed by atoms with van der Waals surface area (Å²) >= 11 is 0. The second kappa shape index (κ2) is 9.57. The Balaban J connectivity index is 1.19. The quantitative estimate of drug-likeness (QED) is 0.480. The summed E-state index contributed by atoms with van der Waals surface area (Å²) in [4.78, 5) is 21.4. The number of ether oxygens (including phenoxy) is 4. The van der Waals surface area contributed by atoms with Crippen LogP contribution in [0.4, 0.5) is 16.4 Å². The van der Waals surface area contributed by atoms with Gasteiger partial charge in [0.2, 0.25) is 5.95 Å². The number of urea groups is 1. The van der Waals surface area contributed by atoms with E-state index in [1.54, 1.807) is 57.0 Å². The minimum atomic E-state index is -0.376. The summed E-state index contributed by atoms with van der Waals surface area (Å²) in [6.07, 6.45) is 2.72. The van der Waals surface area contributed by atoms with Gasteiger partial charge in [0.25, 0.3) is 0 Å². The summed E-state index contributed by atoms with van der Waals surface area (Å²) < 4.78 is 27.8. The Morgan fingerprint density at radius 1 is 1.03 bits per heavy atom. The maximum atomic E-state index is 12.6. The number of anilines is 2. The molecule has 0 bridgehead atoms. The maximum absolute atomic E-state index is 12.6. The fourth-order valence-corrected chi connectivity index (χ4v) is 4.12. The van der Waals surface area contributed by atoms with Gasteiger partial charge in [-0.1, -0.05) is 0 Å². The zero-order valence-electron chi connectivity index (χ0n) is 18.7. The van der Waals surface area contributed by atoms with E-state index in [0.29, 0.717) is 47.8 Å². The predicted molar refractivity (Wildman–Crippen MR) is 122 cm³/mol. The van der Waals surface area contributed by atoms with Crippen LogP contribution in [0.25, 0.3) is 11.5 Å². The zero-order valence-corrected chi connectivity index (χ0v) is 18.7. The van der Waals surface area contributed by atoms with Crippen molar-refractivity contribution in [2.24, 2.45) is 0 Å². The second-order valence-electron chi connectivity index (χ2n) is 7.90. The smallest absolute Gasteiger partial charge is 0.319 e. The molecule has 4 atom stereocenters. The molecule has 2 saturated heterocycles. The summed E-state index contributed by atoms with van der Waals surface area (Å²) in [6.45, 7) is 0.728. The minimum absolute atomic E-state index is 0.158. The van der Waals surface area contributed by atoms with E-state index < -0.39 is 0 Å². The molecule has 2 aliphatic rings. The summed E-state index contributed by atoms with van der Waals surface area (Å²) in [5, 5.41) is 9.02. The Morgan fingerprint density at radius 2 is 1.76 bits per heavy atom. The van der Waals surface area contributed by atoms with Gasteiger partial charge in [0.15, 0.2) is 5.76 Å². The molecule has 3 aromatic rings. The summed E-state index contributed by atoms with van der Waals surface area (Å²) in [5.41, 5.74) is 1.22. The largest absolute Gasteiger partial charge is 0.497 e. The number of carbonyl (C=O) groups is 1. The highest BCUT2D eigenvalue weighted by Crippen LogP contribution is 2.30. The van der Waals surface area contributed by atoms with E-state index in [2.05, 4.69) is 25.9 Å². The van der Waals surface area contributed by atoms with Gasteiger partial charge < -0.3 is 39.3 Å². The Labute approximate surface area is 195 Å². The van der Waals surface area contributed by atoms with E-state index in [0.717, 1.165) is 0 Å². The molecule has 11 heteroatoms. The van der Waals surface area contributed by atoms with Crippen molar-refractivity contribution in [3.05, 3.63) is 48.9 Å². The van der Waals surface area contributed by atoms with Crippen LogP contribution in [0.15, 0.2) is 53.3 Å². The fraction of sp³-hybridized carbons (Fsp3) is 0.348. The zero-order chi connectivity index (χ0) is 23.5. The molecule has 178 valence electrons. The molecule has 3 N–H and O–H groups in total. The molecule has 5 rings (SSSR count). The van der Waals surface area contributed by atoms with E-state index in [-0.39, 0.29) is 30.3 Å². The lowest BCUT2D eigenvalue weighted by Gasteiger charge is -2.19. The van der Waals surface area contributed by atoms with Crippen molar-refractivity contribution < 1.29 is 28.2 Å². The maximum Gasteiger partial charge on any atom is 0.319 e. The van der Waals surface area contributed by atoms with Crippen LogP contribution in [0.3, 0.4) is 0 Å². The fourth-order valence-electron chi connectivity index (χ4n) is 4.12. The van der Waals surface area contributed by atoms with Gasteiger partial charge in [-0.15, -0.1) is 0 Å². The monoisotopic (exact) mass is 467 g/mol. The normalized spacial score (nSPS) is 23.2. The first-order chi connectivity index (χ1) is 16.6. The number of rotatable bonds is 7. The van der Waals surface area contributed by atoms with Crippen LogP contribution in [-0.4, -0.2) is 67.7 Å². The van der Waals surface area contributed by atoms with E-state index in [4.69, 9.17) is 23.4 Å².